The maximum atomic E-state index is 13.3. The maximum absolute atomic E-state index is 13.3. The predicted octanol–water partition coefficient (Wildman–Crippen LogP) is 8.18. The minimum absolute atomic E-state index is 1.51. The number of hydrogen-bond acceptors (Lipinski definition) is 0. The first-order valence-corrected chi connectivity index (χ1v) is 9.81. The molecule has 0 atom stereocenters. The van der Waals surface area contributed by atoms with Crippen molar-refractivity contribution in [3.63, 3.8) is 0 Å². The van der Waals surface area contributed by atoms with Gasteiger partial charge in [-0.15, -0.1) is 0 Å². The van der Waals surface area contributed by atoms with Crippen LogP contribution in [-0.4, -0.2) is 53.8 Å². The van der Waals surface area contributed by atoms with E-state index in [1.54, 1.807) is 0 Å². The summed E-state index contributed by atoms with van der Waals surface area (Å²) in [6, 6.07) is 0. The Morgan fingerprint density at radius 1 is 0.433 bits per heavy atom. The molecule has 0 bridgehead atoms. The maximum Gasteiger partial charge on any atom is 0.460 e. The fourth-order valence-electron chi connectivity index (χ4n) is 1.58. The molecule has 0 rings (SSSR count). The Morgan fingerprint density at radius 2 is 0.700 bits per heavy atom. The molecular formula is C10H4Cl2F17P. The van der Waals surface area contributed by atoms with Gasteiger partial charge in [0.15, 0.2) is 0 Å². The highest BCUT2D eigenvalue weighted by Gasteiger charge is 2.95. The highest BCUT2D eigenvalue weighted by Crippen LogP contribution is 2.64. The molecule has 182 valence electrons. The first-order valence-electron chi connectivity index (χ1n) is 6.47. The second kappa shape index (κ2) is 7.99. The van der Waals surface area contributed by atoms with E-state index in [2.05, 4.69) is 0 Å². The normalized spacial score (nSPS) is 16.4. The lowest BCUT2D eigenvalue weighted by Crippen LogP contribution is -2.74. The zero-order chi connectivity index (χ0) is 25.0. The molecule has 30 heavy (non-hydrogen) atoms. The van der Waals surface area contributed by atoms with Crippen LogP contribution in [0.1, 0.15) is 6.42 Å². The smallest absolute Gasteiger partial charge is 0.200 e. The topological polar surface area (TPSA) is 0 Å². The third-order valence-corrected chi connectivity index (χ3v) is 4.96. The monoisotopic (exact) mass is 548 g/mol. The molecule has 0 unspecified atom stereocenters. The van der Waals surface area contributed by atoms with Gasteiger partial charge in [-0.25, -0.2) is 0 Å². The largest absolute Gasteiger partial charge is 0.460 e. The van der Waals surface area contributed by atoms with Gasteiger partial charge in [0.05, 0.1) is 6.63 Å². The second-order valence-electron chi connectivity index (χ2n) is 5.43. The van der Waals surface area contributed by atoms with Crippen molar-refractivity contribution < 1.29 is 74.6 Å². The van der Waals surface area contributed by atoms with Crippen molar-refractivity contribution in [2.75, 3.05) is 6.16 Å². The van der Waals surface area contributed by atoms with E-state index in [0.717, 1.165) is 0 Å². The summed E-state index contributed by atoms with van der Waals surface area (Å²) in [5, 5.41) is 0. The lowest BCUT2D eigenvalue weighted by molar-refractivity contribution is -0.461. The Labute approximate surface area is 165 Å². The van der Waals surface area contributed by atoms with Crippen molar-refractivity contribution in [3.8, 4) is 0 Å². The van der Waals surface area contributed by atoms with Crippen LogP contribution in [0.3, 0.4) is 0 Å². The first-order chi connectivity index (χ1) is 12.7. The minimum atomic E-state index is -8.62. The molecule has 0 spiro atoms. The van der Waals surface area contributed by atoms with Gasteiger partial charge in [-0.05, 0) is 0 Å². The predicted molar refractivity (Wildman–Crippen MR) is 68.8 cm³/mol. The number of hydrogen-bond donors (Lipinski definition) is 0. The van der Waals surface area contributed by atoms with Crippen LogP contribution >= 0.6 is 29.1 Å². The average Bonchev–Trinajstić information content (AvgIpc) is 2.50. The van der Waals surface area contributed by atoms with Gasteiger partial charge in [-0.1, -0.05) is 22.5 Å². The fraction of sp³-hybridized carbons (Fsp3) is 1.00. The summed E-state index contributed by atoms with van der Waals surface area (Å²) in [7, 11) is 0. The van der Waals surface area contributed by atoms with Gasteiger partial charge in [-0.2, -0.15) is 74.6 Å². The van der Waals surface area contributed by atoms with Crippen molar-refractivity contribution in [1.82, 2.24) is 0 Å². The molecule has 0 aromatic carbocycles. The van der Waals surface area contributed by atoms with Crippen LogP contribution in [0, 0.1) is 0 Å². The molecule has 20 heteroatoms. The van der Waals surface area contributed by atoms with E-state index in [0.29, 0.717) is 0 Å². The molecule has 0 aromatic rings. The summed E-state index contributed by atoms with van der Waals surface area (Å²) in [6.45, 7) is -2.64. The van der Waals surface area contributed by atoms with E-state index in [-0.39, 0.29) is 0 Å². The molecule has 0 fully saturated rings. The molecule has 0 aromatic heterocycles. The van der Waals surface area contributed by atoms with E-state index < -0.39 is 66.8 Å². The zero-order valence-electron chi connectivity index (χ0n) is 13.0. The first kappa shape index (κ1) is 29.8. The highest BCUT2D eigenvalue weighted by atomic mass is 35.9. The quantitative estimate of drug-likeness (QED) is 0.201. The molecule has 0 radical (unpaired) electrons. The lowest BCUT2D eigenvalue weighted by Gasteiger charge is -2.42. The number of halogens is 19. The van der Waals surface area contributed by atoms with Crippen molar-refractivity contribution in [2.24, 2.45) is 0 Å². The minimum Gasteiger partial charge on any atom is -0.200 e. The Bertz CT molecular complexity index is 610. The van der Waals surface area contributed by atoms with Crippen molar-refractivity contribution >= 4 is 29.1 Å². The third kappa shape index (κ3) is 4.23. The van der Waals surface area contributed by atoms with Crippen LogP contribution in [0.4, 0.5) is 74.6 Å². The Hall–Kier alpha value is -0.180. The van der Waals surface area contributed by atoms with Gasteiger partial charge in [-0.3, -0.25) is 0 Å². The zero-order valence-corrected chi connectivity index (χ0v) is 15.4. The summed E-state index contributed by atoms with van der Waals surface area (Å²) >= 11 is 9.74. The van der Waals surface area contributed by atoms with E-state index in [1.807, 2.05) is 0 Å². The lowest BCUT2D eigenvalue weighted by atomic mass is 9.88. The molecule has 0 aliphatic heterocycles. The molecule has 0 heterocycles. The van der Waals surface area contributed by atoms with Crippen LogP contribution in [0.25, 0.3) is 0 Å². The van der Waals surface area contributed by atoms with E-state index in [9.17, 15) is 74.6 Å². The van der Waals surface area contributed by atoms with Crippen LogP contribution in [-0.2, 0) is 0 Å². The molecular weight excluding hydrogens is 545 g/mol. The number of alkyl halides is 17. The molecule has 0 aliphatic rings. The summed E-state index contributed by atoms with van der Waals surface area (Å²) in [4.78, 5) is 0. The van der Waals surface area contributed by atoms with Crippen LogP contribution in [0.15, 0.2) is 0 Å². The van der Waals surface area contributed by atoms with Crippen LogP contribution < -0.4 is 0 Å². The summed E-state index contributed by atoms with van der Waals surface area (Å²) < 4.78 is 219. The van der Waals surface area contributed by atoms with Crippen molar-refractivity contribution in [3.05, 3.63) is 0 Å². The molecule has 0 saturated carbocycles. The van der Waals surface area contributed by atoms with Crippen LogP contribution in [0.5, 0.6) is 0 Å². The molecule has 0 amide bonds. The van der Waals surface area contributed by atoms with E-state index in [1.165, 1.54) is 0 Å². The fourth-order valence-corrected chi connectivity index (χ4v) is 2.54. The third-order valence-electron chi connectivity index (χ3n) is 3.38. The van der Waals surface area contributed by atoms with Gasteiger partial charge >= 0.3 is 47.6 Å². The Balaban J connectivity index is 6.55. The summed E-state index contributed by atoms with van der Waals surface area (Å²) in [5.74, 6) is -56.2. The highest BCUT2D eigenvalue weighted by molar-refractivity contribution is 8.03. The molecule has 0 aliphatic carbocycles. The van der Waals surface area contributed by atoms with Crippen molar-refractivity contribution in [2.45, 2.75) is 54.1 Å². The van der Waals surface area contributed by atoms with E-state index in [4.69, 9.17) is 22.5 Å². The number of rotatable bonds is 9. The summed E-state index contributed by atoms with van der Waals surface area (Å²) in [6.07, 6.45) is -11.9. The van der Waals surface area contributed by atoms with Gasteiger partial charge in [0.25, 0.3) is 0 Å². The van der Waals surface area contributed by atoms with Gasteiger partial charge in [0.2, 0.25) is 0 Å². The summed E-state index contributed by atoms with van der Waals surface area (Å²) in [5.41, 5.74) is 0. The molecule has 0 nitrogen and oxygen atoms in total. The molecule has 0 N–H and O–H groups in total. The second-order valence-corrected chi connectivity index (χ2v) is 9.45. The van der Waals surface area contributed by atoms with E-state index >= 15 is 0 Å². The average molecular weight is 549 g/mol. The van der Waals surface area contributed by atoms with Crippen molar-refractivity contribution in [1.29, 1.82) is 0 Å². The van der Waals surface area contributed by atoms with Gasteiger partial charge < -0.3 is 0 Å². The standard InChI is InChI=1S/C10H4Cl2F17P/c11-30(12)2-1-3(13,14)4(15,16)5(17,18)6(19,20)7(21,22)8(23,24)9(25,26)10(27,28)29/h1-2H2. The van der Waals surface area contributed by atoms with Gasteiger partial charge in [0, 0.05) is 12.6 Å². The van der Waals surface area contributed by atoms with Gasteiger partial charge in [0.1, 0.15) is 0 Å². The molecule has 0 saturated heterocycles. The Kier molecular flexibility index (Phi) is 7.95. The van der Waals surface area contributed by atoms with Crippen LogP contribution in [0.2, 0.25) is 0 Å². The Morgan fingerprint density at radius 3 is 0.967 bits per heavy atom. The SMILES string of the molecule is FC(F)(F)C(F)(F)C(F)(F)C(F)(F)C(F)(F)C(F)(F)C(F)(F)C(F)(F)CCP(Cl)Cl.